The lowest BCUT2D eigenvalue weighted by Crippen LogP contribution is -2.27. The van der Waals surface area contributed by atoms with Gasteiger partial charge in [-0.3, -0.25) is 0 Å². The van der Waals surface area contributed by atoms with Crippen molar-refractivity contribution in [3.8, 4) is 0 Å². The standard InChI is InChI=1S/C34H43F3O/c1-3-5-7-26-10-16-29(17-11-26)31-20-22-32(23-21-31)33(35)34(36,37)38-24-27-12-18-30(19-13-27)28-14-8-25(6-4-2)9-15-28/h3-4,6,12-13,18-23,25-26,28-29,33H,1,5,7-11,14-17,24H2,2H3. The Balaban J connectivity index is 1.26. The quantitative estimate of drug-likeness (QED) is 0.266. The second-order valence-corrected chi connectivity index (χ2v) is 11.3. The Bertz CT molecular complexity index is 1010. The fourth-order valence-electron chi connectivity index (χ4n) is 6.33. The van der Waals surface area contributed by atoms with Crippen molar-refractivity contribution in [1.82, 2.24) is 0 Å². The van der Waals surface area contributed by atoms with Gasteiger partial charge in [0.25, 0.3) is 0 Å². The molecule has 1 unspecified atom stereocenters. The Morgan fingerprint density at radius 2 is 1.42 bits per heavy atom. The van der Waals surface area contributed by atoms with E-state index in [-0.39, 0.29) is 12.2 Å². The normalized spacial score (nSPS) is 25.4. The van der Waals surface area contributed by atoms with Crippen LogP contribution in [-0.2, 0) is 11.3 Å². The first-order valence-electron chi connectivity index (χ1n) is 14.5. The number of alkyl halides is 3. The van der Waals surface area contributed by atoms with Crippen molar-refractivity contribution in [1.29, 1.82) is 0 Å². The number of hydrogen-bond donors (Lipinski definition) is 0. The van der Waals surface area contributed by atoms with E-state index in [4.69, 9.17) is 4.74 Å². The van der Waals surface area contributed by atoms with E-state index in [1.165, 1.54) is 49.8 Å². The molecule has 0 N–H and O–H groups in total. The van der Waals surface area contributed by atoms with E-state index >= 15 is 0 Å². The van der Waals surface area contributed by atoms with E-state index in [9.17, 15) is 13.2 Å². The molecule has 0 bridgehead atoms. The zero-order valence-electron chi connectivity index (χ0n) is 22.8. The Morgan fingerprint density at radius 3 is 1.97 bits per heavy atom. The average molecular weight is 525 g/mol. The minimum atomic E-state index is -3.89. The minimum Gasteiger partial charge on any atom is -0.313 e. The first-order chi connectivity index (χ1) is 18.4. The molecule has 1 atom stereocenters. The first kappa shape index (κ1) is 28.7. The minimum absolute atomic E-state index is 0.0395. The largest absolute Gasteiger partial charge is 0.391 e. The number of ether oxygens (including phenoxy) is 1. The second-order valence-electron chi connectivity index (χ2n) is 11.3. The van der Waals surface area contributed by atoms with Crippen LogP contribution in [0.1, 0.15) is 111 Å². The molecule has 2 saturated carbocycles. The third-order valence-corrected chi connectivity index (χ3v) is 8.74. The Kier molecular flexibility index (Phi) is 10.3. The summed E-state index contributed by atoms with van der Waals surface area (Å²) in [6.07, 6.45) is 11.4. The van der Waals surface area contributed by atoms with Gasteiger partial charge in [-0.15, -0.1) is 6.58 Å². The zero-order valence-corrected chi connectivity index (χ0v) is 22.8. The van der Waals surface area contributed by atoms with E-state index in [2.05, 4.69) is 25.7 Å². The molecule has 2 aliphatic carbocycles. The molecular formula is C34H43F3O. The smallest absolute Gasteiger partial charge is 0.313 e. The predicted octanol–water partition coefficient (Wildman–Crippen LogP) is 10.6. The van der Waals surface area contributed by atoms with Gasteiger partial charge in [0.1, 0.15) is 0 Å². The van der Waals surface area contributed by atoms with E-state index in [0.29, 0.717) is 23.3 Å². The van der Waals surface area contributed by atoms with Crippen LogP contribution in [0.3, 0.4) is 0 Å². The van der Waals surface area contributed by atoms with Gasteiger partial charge in [0, 0.05) is 0 Å². The van der Waals surface area contributed by atoms with Crippen LogP contribution in [0.15, 0.2) is 73.3 Å². The van der Waals surface area contributed by atoms with Gasteiger partial charge >= 0.3 is 6.11 Å². The molecule has 2 fully saturated rings. The summed E-state index contributed by atoms with van der Waals surface area (Å²) in [6, 6.07) is 14.3. The molecule has 0 aliphatic heterocycles. The van der Waals surface area contributed by atoms with Gasteiger partial charge in [-0.2, -0.15) is 8.78 Å². The van der Waals surface area contributed by atoms with Gasteiger partial charge < -0.3 is 4.74 Å². The van der Waals surface area contributed by atoms with Crippen molar-refractivity contribution < 1.29 is 17.9 Å². The van der Waals surface area contributed by atoms with E-state index < -0.39 is 12.3 Å². The van der Waals surface area contributed by atoms with Gasteiger partial charge in [0.2, 0.25) is 6.17 Å². The molecule has 2 aliphatic rings. The lowest BCUT2D eigenvalue weighted by molar-refractivity contribution is -0.282. The van der Waals surface area contributed by atoms with Crippen molar-refractivity contribution in [2.45, 2.75) is 102 Å². The molecule has 4 heteroatoms. The zero-order chi connectivity index (χ0) is 27.0. The molecule has 0 amide bonds. The van der Waals surface area contributed by atoms with Crippen molar-refractivity contribution in [2.75, 3.05) is 0 Å². The molecule has 0 heterocycles. The van der Waals surface area contributed by atoms with E-state index in [1.807, 2.05) is 42.5 Å². The van der Waals surface area contributed by atoms with E-state index in [1.54, 1.807) is 0 Å². The molecule has 1 nitrogen and oxygen atoms in total. The molecule has 0 saturated heterocycles. The van der Waals surface area contributed by atoms with Gasteiger partial charge in [-0.25, -0.2) is 4.39 Å². The van der Waals surface area contributed by atoms with E-state index in [0.717, 1.165) is 43.6 Å². The molecule has 0 aromatic heterocycles. The van der Waals surface area contributed by atoms with Crippen LogP contribution >= 0.6 is 0 Å². The summed E-state index contributed by atoms with van der Waals surface area (Å²) in [6.45, 7) is 5.55. The fourth-order valence-corrected chi connectivity index (χ4v) is 6.33. The van der Waals surface area contributed by atoms with Crippen LogP contribution in [0.2, 0.25) is 0 Å². The molecular weight excluding hydrogens is 481 g/mol. The highest BCUT2D eigenvalue weighted by Gasteiger charge is 2.43. The van der Waals surface area contributed by atoms with Crippen LogP contribution < -0.4 is 0 Å². The summed E-state index contributed by atoms with van der Waals surface area (Å²) in [5.41, 5.74) is 2.94. The van der Waals surface area contributed by atoms with Crippen LogP contribution in [0, 0.1) is 11.8 Å². The summed E-state index contributed by atoms with van der Waals surface area (Å²) in [5, 5.41) is 0. The maximum atomic E-state index is 14.9. The Labute approximate surface area is 227 Å². The molecule has 4 rings (SSSR count). The molecule has 38 heavy (non-hydrogen) atoms. The summed E-state index contributed by atoms with van der Waals surface area (Å²) in [7, 11) is 0. The van der Waals surface area contributed by atoms with Gasteiger partial charge in [-0.1, -0.05) is 66.8 Å². The highest BCUT2D eigenvalue weighted by molar-refractivity contribution is 5.28. The summed E-state index contributed by atoms with van der Waals surface area (Å²) in [5.74, 6) is 2.35. The molecule has 0 spiro atoms. The number of hydrogen-bond acceptors (Lipinski definition) is 1. The number of allylic oxidation sites excluding steroid dienone is 3. The second kappa shape index (κ2) is 13.6. The number of rotatable bonds is 11. The Morgan fingerprint density at radius 1 is 0.868 bits per heavy atom. The topological polar surface area (TPSA) is 9.23 Å². The third kappa shape index (κ3) is 7.62. The fraction of sp³-hybridized carbons (Fsp3) is 0.529. The van der Waals surface area contributed by atoms with Gasteiger partial charge in [0.15, 0.2) is 0 Å². The lowest BCUT2D eigenvalue weighted by atomic mass is 9.77. The van der Waals surface area contributed by atoms with Crippen molar-refractivity contribution in [3.05, 3.63) is 95.6 Å². The third-order valence-electron chi connectivity index (χ3n) is 8.74. The van der Waals surface area contributed by atoms with Crippen molar-refractivity contribution in [2.24, 2.45) is 11.8 Å². The lowest BCUT2D eigenvalue weighted by Gasteiger charge is -2.29. The Hall–Kier alpha value is -2.33. The maximum absolute atomic E-state index is 14.9. The summed E-state index contributed by atoms with van der Waals surface area (Å²) < 4.78 is 49.0. The van der Waals surface area contributed by atoms with Crippen LogP contribution in [-0.4, -0.2) is 6.11 Å². The molecule has 2 aromatic carbocycles. The monoisotopic (exact) mass is 524 g/mol. The molecule has 0 radical (unpaired) electrons. The average Bonchev–Trinajstić information content (AvgIpc) is 2.96. The summed E-state index contributed by atoms with van der Waals surface area (Å²) in [4.78, 5) is 0. The van der Waals surface area contributed by atoms with Crippen LogP contribution in [0.5, 0.6) is 0 Å². The maximum Gasteiger partial charge on any atom is 0.391 e. The van der Waals surface area contributed by atoms with Crippen LogP contribution in [0.4, 0.5) is 13.2 Å². The van der Waals surface area contributed by atoms with Crippen molar-refractivity contribution >= 4 is 0 Å². The highest BCUT2D eigenvalue weighted by Crippen LogP contribution is 2.41. The van der Waals surface area contributed by atoms with Gasteiger partial charge in [-0.05, 0) is 117 Å². The number of benzene rings is 2. The SMILES string of the molecule is C=CCCC1CCC(c2ccc(C(F)C(F)(F)OCc3ccc(C4CCC(C=CC)CC4)cc3)cc2)CC1. The molecule has 2 aromatic rings. The first-order valence-corrected chi connectivity index (χ1v) is 14.5. The summed E-state index contributed by atoms with van der Waals surface area (Å²) >= 11 is 0. The predicted molar refractivity (Wildman–Crippen MR) is 150 cm³/mol. The van der Waals surface area contributed by atoms with Crippen molar-refractivity contribution in [3.63, 3.8) is 0 Å². The van der Waals surface area contributed by atoms with Gasteiger partial charge in [0.05, 0.1) is 6.61 Å². The number of halogens is 3. The highest BCUT2D eigenvalue weighted by atomic mass is 19.3. The molecule has 206 valence electrons. The van der Waals surface area contributed by atoms with Crippen LogP contribution in [0.25, 0.3) is 0 Å².